The average Bonchev–Trinajstić information content (AvgIpc) is 2.36. The molecule has 1 aromatic carbocycles. The number of carbonyl (C=O) groups is 2. The third kappa shape index (κ3) is 3.83. The zero-order valence-electron chi connectivity index (χ0n) is 9.80. The summed E-state index contributed by atoms with van der Waals surface area (Å²) in [6.45, 7) is -0.328. The van der Waals surface area contributed by atoms with E-state index in [4.69, 9.17) is 15.9 Å². The molecule has 1 aromatic rings. The van der Waals surface area contributed by atoms with Gasteiger partial charge in [-0.05, 0) is 11.1 Å². The van der Waals surface area contributed by atoms with Crippen molar-refractivity contribution < 1.29 is 19.8 Å². The van der Waals surface area contributed by atoms with Crippen LogP contribution in [0.15, 0.2) is 24.3 Å². The first kappa shape index (κ1) is 14.1. The van der Waals surface area contributed by atoms with Gasteiger partial charge in [-0.2, -0.15) is 0 Å². The first-order valence-electron chi connectivity index (χ1n) is 5.48. The van der Waals surface area contributed by atoms with Gasteiger partial charge in [0, 0.05) is 6.54 Å². The number of nitrogens with one attached hydrogen (secondary N) is 1. The standard InChI is InChI=1S/C12H16N2O4/c13-6-9-4-2-1-3-8(9)5-11(16)14-10(7-15)12(17)18/h1-4,10,15H,5-7,13H2,(H,14,16)(H,17,18). The van der Waals surface area contributed by atoms with Crippen LogP contribution in [0.1, 0.15) is 11.1 Å². The smallest absolute Gasteiger partial charge is 0.328 e. The zero-order valence-corrected chi connectivity index (χ0v) is 9.80. The normalized spacial score (nSPS) is 11.9. The van der Waals surface area contributed by atoms with Gasteiger partial charge in [-0.25, -0.2) is 4.79 Å². The number of carboxylic acids is 1. The van der Waals surface area contributed by atoms with Crippen LogP contribution in [0.25, 0.3) is 0 Å². The quantitative estimate of drug-likeness (QED) is 0.532. The summed E-state index contributed by atoms with van der Waals surface area (Å²) in [7, 11) is 0. The molecule has 6 heteroatoms. The molecular weight excluding hydrogens is 236 g/mol. The van der Waals surface area contributed by atoms with E-state index in [1.54, 1.807) is 12.1 Å². The van der Waals surface area contributed by atoms with Gasteiger partial charge in [0.25, 0.3) is 0 Å². The first-order chi connectivity index (χ1) is 8.58. The Morgan fingerprint density at radius 2 is 1.89 bits per heavy atom. The van der Waals surface area contributed by atoms with Gasteiger partial charge in [0.15, 0.2) is 0 Å². The molecule has 0 spiro atoms. The van der Waals surface area contributed by atoms with Crippen LogP contribution in [-0.4, -0.2) is 34.7 Å². The second-order valence-electron chi connectivity index (χ2n) is 3.79. The van der Waals surface area contributed by atoms with Crippen molar-refractivity contribution in [2.24, 2.45) is 5.73 Å². The maximum atomic E-state index is 11.6. The molecule has 0 saturated carbocycles. The van der Waals surface area contributed by atoms with E-state index in [0.717, 1.165) is 11.1 Å². The van der Waals surface area contributed by atoms with E-state index < -0.39 is 24.5 Å². The van der Waals surface area contributed by atoms with Crippen molar-refractivity contribution in [2.45, 2.75) is 19.0 Å². The van der Waals surface area contributed by atoms with Crippen LogP contribution in [0.5, 0.6) is 0 Å². The van der Waals surface area contributed by atoms with E-state index in [2.05, 4.69) is 5.32 Å². The molecule has 0 aliphatic heterocycles. The van der Waals surface area contributed by atoms with E-state index in [0.29, 0.717) is 6.54 Å². The van der Waals surface area contributed by atoms with Gasteiger partial charge in [0.05, 0.1) is 13.0 Å². The number of rotatable bonds is 6. The molecule has 0 radical (unpaired) electrons. The van der Waals surface area contributed by atoms with Crippen molar-refractivity contribution in [3.8, 4) is 0 Å². The molecule has 0 saturated heterocycles. The summed E-state index contributed by atoms with van der Waals surface area (Å²) in [5, 5.41) is 19.7. The highest BCUT2D eigenvalue weighted by Crippen LogP contribution is 2.08. The number of amides is 1. The number of hydrogen-bond acceptors (Lipinski definition) is 4. The van der Waals surface area contributed by atoms with Crippen molar-refractivity contribution in [1.82, 2.24) is 5.32 Å². The lowest BCUT2D eigenvalue weighted by Gasteiger charge is -2.12. The number of aliphatic hydroxyl groups excluding tert-OH is 1. The van der Waals surface area contributed by atoms with Crippen LogP contribution in [0.3, 0.4) is 0 Å². The minimum Gasteiger partial charge on any atom is -0.480 e. The summed E-state index contributed by atoms with van der Waals surface area (Å²) in [5.41, 5.74) is 7.12. The Balaban J connectivity index is 2.67. The molecule has 1 rings (SSSR count). The molecule has 5 N–H and O–H groups in total. The van der Waals surface area contributed by atoms with E-state index in [9.17, 15) is 9.59 Å². The highest BCUT2D eigenvalue weighted by molar-refractivity contribution is 5.85. The molecule has 6 nitrogen and oxygen atoms in total. The summed E-state index contributed by atoms with van der Waals surface area (Å²) in [6, 6.07) is 5.89. The number of nitrogens with two attached hydrogens (primary N) is 1. The van der Waals surface area contributed by atoms with Gasteiger partial charge < -0.3 is 21.3 Å². The summed E-state index contributed by atoms with van der Waals surface area (Å²) in [5.74, 6) is -1.73. The molecule has 1 atom stereocenters. The van der Waals surface area contributed by atoms with Crippen molar-refractivity contribution in [3.05, 3.63) is 35.4 Å². The van der Waals surface area contributed by atoms with E-state index in [1.807, 2.05) is 12.1 Å². The van der Waals surface area contributed by atoms with Gasteiger partial charge in [0.2, 0.25) is 5.91 Å². The molecule has 0 bridgehead atoms. The molecule has 0 fully saturated rings. The molecule has 0 heterocycles. The van der Waals surface area contributed by atoms with Crippen molar-refractivity contribution >= 4 is 11.9 Å². The lowest BCUT2D eigenvalue weighted by Crippen LogP contribution is -2.44. The fourth-order valence-corrected chi connectivity index (χ4v) is 1.53. The minimum atomic E-state index is -1.28. The van der Waals surface area contributed by atoms with Gasteiger partial charge in [-0.3, -0.25) is 4.79 Å². The Labute approximate surface area is 104 Å². The second-order valence-corrected chi connectivity index (χ2v) is 3.79. The summed E-state index contributed by atoms with van der Waals surface area (Å²) in [6.07, 6.45) is 0.0388. The summed E-state index contributed by atoms with van der Waals surface area (Å²) < 4.78 is 0. The van der Waals surface area contributed by atoms with Crippen molar-refractivity contribution in [2.75, 3.05) is 6.61 Å². The van der Waals surface area contributed by atoms with Crippen LogP contribution in [0.2, 0.25) is 0 Å². The van der Waals surface area contributed by atoms with Gasteiger partial charge >= 0.3 is 5.97 Å². The van der Waals surface area contributed by atoms with Crippen LogP contribution < -0.4 is 11.1 Å². The van der Waals surface area contributed by atoms with Gasteiger partial charge in [-0.1, -0.05) is 24.3 Å². The molecular formula is C12H16N2O4. The minimum absolute atomic E-state index is 0.0388. The number of carbonyl (C=O) groups excluding carboxylic acids is 1. The molecule has 0 aromatic heterocycles. The fraction of sp³-hybridized carbons (Fsp3) is 0.333. The predicted molar refractivity (Wildman–Crippen MR) is 64.7 cm³/mol. The number of benzene rings is 1. The Kier molecular flexibility index (Phi) is 5.29. The Morgan fingerprint density at radius 3 is 2.39 bits per heavy atom. The lowest BCUT2D eigenvalue weighted by molar-refractivity contribution is -0.142. The third-order valence-corrected chi connectivity index (χ3v) is 2.51. The third-order valence-electron chi connectivity index (χ3n) is 2.51. The number of aliphatic carboxylic acids is 1. The molecule has 1 amide bonds. The highest BCUT2D eigenvalue weighted by atomic mass is 16.4. The monoisotopic (exact) mass is 252 g/mol. The van der Waals surface area contributed by atoms with Crippen LogP contribution >= 0.6 is 0 Å². The first-order valence-corrected chi connectivity index (χ1v) is 5.48. The lowest BCUT2D eigenvalue weighted by atomic mass is 10.0. The molecule has 0 aliphatic rings. The summed E-state index contributed by atoms with van der Waals surface area (Å²) in [4.78, 5) is 22.3. The van der Waals surface area contributed by atoms with E-state index in [1.165, 1.54) is 0 Å². The fourth-order valence-electron chi connectivity index (χ4n) is 1.53. The molecule has 1 unspecified atom stereocenters. The second kappa shape index (κ2) is 6.73. The maximum absolute atomic E-state index is 11.6. The topological polar surface area (TPSA) is 113 Å². The number of aliphatic hydroxyl groups is 1. The summed E-state index contributed by atoms with van der Waals surface area (Å²) >= 11 is 0. The Morgan fingerprint density at radius 1 is 1.28 bits per heavy atom. The molecule has 18 heavy (non-hydrogen) atoms. The number of carboxylic acid groups (broad SMARTS) is 1. The van der Waals surface area contributed by atoms with Crippen molar-refractivity contribution in [3.63, 3.8) is 0 Å². The molecule has 98 valence electrons. The molecule has 0 aliphatic carbocycles. The van der Waals surface area contributed by atoms with Crippen LogP contribution in [-0.2, 0) is 22.6 Å². The average molecular weight is 252 g/mol. The van der Waals surface area contributed by atoms with E-state index >= 15 is 0 Å². The van der Waals surface area contributed by atoms with Crippen LogP contribution in [0.4, 0.5) is 0 Å². The van der Waals surface area contributed by atoms with E-state index in [-0.39, 0.29) is 6.42 Å². The highest BCUT2D eigenvalue weighted by Gasteiger charge is 2.19. The Hall–Kier alpha value is -1.92. The maximum Gasteiger partial charge on any atom is 0.328 e. The number of hydrogen-bond donors (Lipinski definition) is 4. The van der Waals surface area contributed by atoms with Gasteiger partial charge in [0.1, 0.15) is 6.04 Å². The predicted octanol–water partition coefficient (Wildman–Crippen LogP) is -0.751. The zero-order chi connectivity index (χ0) is 13.5. The largest absolute Gasteiger partial charge is 0.480 e. The Bertz CT molecular complexity index is 434. The van der Waals surface area contributed by atoms with Gasteiger partial charge in [-0.15, -0.1) is 0 Å². The van der Waals surface area contributed by atoms with Crippen molar-refractivity contribution in [1.29, 1.82) is 0 Å². The SMILES string of the molecule is NCc1ccccc1CC(=O)NC(CO)C(=O)O. The van der Waals surface area contributed by atoms with Crippen LogP contribution in [0, 0.1) is 0 Å².